The number of Topliss-reactive ketones (excluding diaryl/α,β-unsaturated/α-hetero) is 1. The number of pyridine rings is 1. The molecule has 4 atom stereocenters. The number of aromatic nitrogens is 1. The zero-order valence-electron chi connectivity index (χ0n) is 30.1. The van der Waals surface area contributed by atoms with Gasteiger partial charge in [0.25, 0.3) is 5.91 Å². The number of ketones is 1. The van der Waals surface area contributed by atoms with Gasteiger partial charge in [0.1, 0.15) is 0 Å². The minimum atomic E-state index is -1.14. The van der Waals surface area contributed by atoms with Gasteiger partial charge in [-0.3, -0.25) is 29.2 Å². The van der Waals surface area contributed by atoms with E-state index < -0.39 is 41.7 Å². The minimum Gasteiger partial charge on any atom is -0.434 e. The molecule has 1 saturated heterocycles. The third-order valence-electron chi connectivity index (χ3n) is 8.94. The second-order valence-electron chi connectivity index (χ2n) is 14.2. The lowest BCUT2D eigenvalue weighted by atomic mass is 9.83. The molecular weight excluding hydrogens is 658 g/mol. The summed E-state index contributed by atoms with van der Waals surface area (Å²) in [6.45, 7) is 7.33. The van der Waals surface area contributed by atoms with Crippen LogP contribution in [0, 0.1) is 5.41 Å². The van der Waals surface area contributed by atoms with Crippen LogP contribution in [-0.4, -0.2) is 82.6 Å². The van der Waals surface area contributed by atoms with Gasteiger partial charge in [-0.2, -0.15) is 0 Å². The van der Waals surface area contributed by atoms with E-state index in [1.165, 1.54) is 11.8 Å². The molecule has 272 valence electrons. The molecular formula is C41H47N5O6. The lowest BCUT2D eigenvalue weighted by Gasteiger charge is -2.34. The van der Waals surface area contributed by atoms with Crippen LogP contribution in [0.4, 0.5) is 10.5 Å². The Kier molecular flexibility index (Phi) is 12.5. The Labute approximate surface area is 305 Å². The van der Waals surface area contributed by atoms with Crippen LogP contribution < -0.4 is 15.5 Å². The molecule has 5 rings (SSSR count). The van der Waals surface area contributed by atoms with E-state index >= 15 is 0 Å². The maximum absolute atomic E-state index is 13.9. The molecule has 0 unspecified atom stereocenters. The lowest BCUT2D eigenvalue weighted by Crippen LogP contribution is -2.55. The minimum absolute atomic E-state index is 0.0169. The first kappa shape index (κ1) is 37.9. The molecule has 11 heteroatoms. The van der Waals surface area contributed by atoms with Crippen LogP contribution in [0.5, 0.6) is 0 Å². The molecule has 0 spiro atoms. The number of amides is 3. The molecule has 1 aliphatic rings. The summed E-state index contributed by atoms with van der Waals surface area (Å²) >= 11 is 0. The van der Waals surface area contributed by atoms with Crippen LogP contribution in [0.2, 0.25) is 0 Å². The van der Waals surface area contributed by atoms with Crippen LogP contribution >= 0.6 is 0 Å². The fraction of sp³-hybridized carbons (Fsp3) is 0.341. The van der Waals surface area contributed by atoms with Crippen molar-refractivity contribution in [1.82, 2.24) is 20.5 Å². The zero-order valence-corrected chi connectivity index (χ0v) is 30.1. The van der Waals surface area contributed by atoms with E-state index in [-0.39, 0.29) is 37.7 Å². The summed E-state index contributed by atoms with van der Waals surface area (Å²) in [6.07, 6.45) is -0.829. The Morgan fingerprint density at radius 1 is 0.904 bits per heavy atom. The highest BCUT2D eigenvalue weighted by molar-refractivity contribution is 5.95. The highest BCUT2D eigenvalue weighted by Crippen LogP contribution is 2.24. The third kappa shape index (κ3) is 10.3. The van der Waals surface area contributed by atoms with Crippen molar-refractivity contribution in [3.8, 4) is 11.3 Å². The molecule has 1 aliphatic heterocycles. The van der Waals surface area contributed by atoms with Gasteiger partial charge in [0.15, 0.2) is 11.9 Å². The molecule has 4 aromatic rings. The Morgan fingerprint density at radius 2 is 1.56 bits per heavy atom. The van der Waals surface area contributed by atoms with Crippen molar-refractivity contribution in [1.29, 1.82) is 0 Å². The molecule has 0 aliphatic carbocycles. The first-order chi connectivity index (χ1) is 24.9. The molecule has 1 aromatic heterocycles. The maximum Gasteiger partial charge on any atom is 0.415 e. The van der Waals surface area contributed by atoms with E-state index in [9.17, 15) is 24.3 Å². The predicted octanol–water partition coefficient (Wildman–Crippen LogP) is 4.78. The highest BCUT2D eigenvalue weighted by atomic mass is 16.6. The van der Waals surface area contributed by atoms with Crippen molar-refractivity contribution in [3.05, 3.63) is 120 Å². The van der Waals surface area contributed by atoms with Crippen LogP contribution in [0.1, 0.15) is 38.8 Å². The largest absolute Gasteiger partial charge is 0.434 e. The monoisotopic (exact) mass is 705 g/mol. The Balaban J connectivity index is 1.37. The number of carbonyl (C=O) groups is 4. The Bertz CT molecular complexity index is 1800. The number of aliphatic hydroxyl groups excluding tert-OH is 1. The van der Waals surface area contributed by atoms with E-state index in [4.69, 9.17) is 4.74 Å². The number of para-hydroxylation sites is 1. The molecule has 3 aromatic carbocycles. The van der Waals surface area contributed by atoms with Gasteiger partial charge in [0, 0.05) is 37.5 Å². The quantitative estimate of drug-likeness (QED) is 0.161. The fourth-order valence-corrected chi connectivity index (χ4v) is 6.29. The normalized spacial score (nSPS) is 16.2. The van der Waals surface area contributed by atoms with Crippen molar-refractivity contribution >= 4 is 29.4 Å². The van der Waals surface area contributed by atoms with Gasteiger partial charge in [-0.15, -0.1) is 0 Å². The SMILES string of the molecule is CC(=O)N[C@H](C(=O)CN(Cc1ccc(-c2ccccn2)cc1)C[C@H](O)[C@H](Cc1ccccc1)NC(=O)[C@@H]1CN(c2ccccc2)C(=O)O1)C(C)(C)C. The summed E-state index contributed by atoms with van der Waals surface area (Å²) in [5.74, 6) is -1.05. The van der Waals surface area contributed by atoms with Crippen LogP contribution in [0.25, 0.3) is 11.3 Å². The van der Waals surface area contributed by atoms with Crippen LogP contribution in [0.3, 0.4) is 0 Å². The fourth-order valence-electron chi connectivity index (χ4n) is 6.29. The molecule has 52 heavy (non-hydrogen) atoms. The van der Waals surface area contributed by atoms with Gasteiger partial charge in [0.2, 0.25) is 5.91 Å². The lowest BCUT2D eigenvalue weighted by molar-refractivity contribution is -0.131. The number of hydrogen-bond acceptors (Lipinski definition) is 8. The van der Waals surface area contributed by atoms with Gasteiger partial charge in [-0.1, -0.05) is 99.6 Å². The summed E-state index contributed by atoms with van der Waals surface area (Å²) in [5.41, 5.74) is 3.60. The number of anilines is 1. The highest BCUT2D eigenvalue weighted by Gasteiger charge is 2.39. The maximum atomic E-state index is 13.9. The molecule has 2 heterocycles. The summed E-state index contributed by atoms with van der Waals surface area (Å²) in [4.78, 5) is 60.0. The van der Waals surface area contributed by atoms with Crippen molar-refractivity contribution in [2.45, 2.75) is 65.0 Å². The smallest absolute Gasteiger partial charge is 0.415 e. The number of carbonyl (C=O) groups excluding carboxylic acids is 4. The Hall–Kier alpha value is -5.39. The molecule has 3 N–H and O–H groups in total. The van der Waals surface area contributed by atoms with E-state index in [2.05, 4.69) is 15.6 Å². The van der Waals surface area contributed by atoms with Crippen molar-refractivity contribution in [2.75, 3.05) is 24.5 Å². The molecule has 0 bridgehead atoms. The van der Waals surface area contributed by atoms with Gasteiger partial charge >= 0.3 is 6.09 Å². The Morgan fingerprint density at radius 3 is 2.17 bits per heavy atom. The topological polar surface area (TPSA) is 141 Å². The van der Waals surface area contributed by atoms with E-state index in [1.807, 2.05) is 105 Å². The summed E-state index contributed by atoms with van der Waals surface area (Å²) in [5, 5.41) is 17.6. The summed E-state index contributed by atoms with van der Waals surface area (Å²) in [7, 11) is 0. The average Bonchev–Trinajstić information content (AvgIpc) is 3.52. The van der Waals surface area contributed by atoms with Crippen molar-refractivity contribution in [3.63, 3.8) is 0 Å². The van der Waals surface area contributed by atoms with Crippen molar-refractivity contribution < 1.29 is 29.0 Å². The van der Waals surface area contributed by atoms with Crippen molar-refractivity contribution in [2.24, 2.45) is 5.41 Å². The van der Waals surface area contributed by atoms with Gasteiger partial charge in [-0.25, -0.2) is 4.79 Å². The molecule has 3 amide bonds. The van der Waals surface area contributed by atoms with Gasteiger partial charge in [-0.05, 0) is 47.2 Å². The summed E-state index contributed by atoms with van der Waals surface area (Å²) < 4.78 is 5.46. The number of benzene rings is 3. The standard InChI is InChI=1S/C41H47N5O6/c1-28(47)43-38(41(2,3)4)36(49)26-45(24-30-18-20-31(21-19-30)33-17-11-12-22-42-33)25-35(48)34(23-29-13-7-5-8-14-29)44-39(50)37-27-46(40(51)52-37)32-15-9-6-10-16-32/h5-22,34-35,37-38,48H,23-27H2,1-4H3,(H,43,47)(H,44,50)/t34-,35-,37-,38+/m0/s1. The zero-order chi connectivity index (χ0) is 37.3. The molecule has 11 nitrogen and oxygen atoms in total. The first-order valence-electron chi connectivity index (χ1n) is 17.5. The number of aliphatic hydroxyl groups is 1. The molecule has 0 radical (unpaired) electrons. The van der Waals surface area contributed by atoms with Gasteiger partial charge in [0.05, 0.1) is 37.0 Å². The second-order valence-corrected chi connectivity index (χ2v) is 14.2. The molecule has 1 fully saturated rings. The van der Waals surface area contributed by atoms with E-state index in [0.717, 1.165) is 22.4 Å². The summed E-state index contributed by atoms with van der Waals surface area (Å²) in [6, 6.07) is 30.4. The van der Waals surface area contributed by atoms with Gasteiger partial charge < -0.3 is 20.5 Å². The van der Waals surface area contributed by atoms with E-state index in [1.54, 1.807) is 30.5 Å². The van der Waals surface area contributed by atoms with E-state index in [0.29, 0.717) is 12.2 Å². The second kappa shape index (κ2) is 17.2. The third-order valence-corrected chi connectivity index (χ3v) is 8.94. The van der Waals surface area contributed by atoms with Crippen LogP contribution in [-0.2, 0) is 32.1 Å². The number of ether oxygens (including phenoxy) is 1. The number of cyclic esters (lactones) is 1. The predicted molar refractivity (Wildman–Crippen MR) is 199 cm³/mol. The number of hydrogen-bond donors (Lipinski definition) is 3. The number of rotatable bonds is 15. The van der Waals surface area contributed by atoms with Crippen LogP contribution in [0.15, 0.2) is 109 Å². The number of nitrogens with one attached hydrogen (secondary N) is 2. The number of nitrogens with zero attached hydrogens (tertiary/aromatic N) is 3. The molecule has 0 saturated carbocycles. The first-order valence-corrected chi connectivity index (χ1v) is 17.5. The average molecular weight is 706 g/mol.